The lowest BCUT2D eigenvalue weighted by Gasteiger charge is -2.26. The minimum atomic E-state index is 0.730. The maximum Gasteiger partial charge on any atom is 0.0341 e. The summed E-state index contributed by atoms with van der Waals surface area (Å²) in [7, 11) is 0. The standard InChI is InChI=1S/C10H17I/c1-8(2)10(11)9-6-4-3-5-7-9/h9-10H,1,3-7H2,2H3. The van der Waals surface area contributed by atoms with Gasteiger partial charge in [0.2, 0.25) is 0 Å². The fourth-order valence-electron chi connectivity index (χ4n) is 1.83. The van der Waals surface area contributed by atoms with Gasteiger partial charge in [0.25, 0.3) is 0 Å². The highest BCUT2D eigenvalue weighted by Crippen LogP contribution is 2.33. The zero-order valence-corrected chi connectivity index (χ0v) is 9.43. The summed E-state index contributed by atoms with van der Waals surface area (Å²) in [5.41, 5.74) is 1.36. The van der Waals surface area contributed by atoms with Crippen LogP contribution in [0.3, 0.4) is 0 Å². The van der Waals surface area contributed by atoms with Crippen molar-refractivity contribution in [1.82, 2.24) is 0 Å². The van der Waals surface area contributed by atoms with Crippen LogP contribution in [0.2, 0.25) is 0 Å². The summed E-state index contributed by atoms with van der Waals surface area (Å²) in [5.74, 6) is 0.932. The zero-order chi connectivity index (χ0) is 8.27. The van der Waals surface area contributed by atoms with Crippen molar-refractivity contribution in [2.24, 2.45) is 5.92 Å². The van der Waals surface area contributed by atoms with E-state index in [9.17, 15) is 0 Å². The average molecular weight is 264 g/mol. The molecule has 0 nitrogen and oxygen atoms in total. The predicted octanol–water partition coefficient (Wildman–Crippen LogP) is 3.95. The Hall–Kier alpha value is 0.470. The van der Waals surface area contributed by atoms with Crippen molar-refractivity contribution >= 4 is 22.6 Å². The molecule has 1 aliphatic carbocycles. The van der Waals surface area contributed by atoms with Gasteiger partial charge in [-0.15, -0.1) is 0 Å². The summed E-state index contributed by atoms with van der Waals surface area (Å²) >= 11 is 2.55. The molecule has 0 N–H and O–H groups in total. The number of halogens is 1. The number of hydrogen-bond acceptors (Lipinski definition) is 0. The molecular weight excluding hydrogens is 247 g/mol. The quantitative estimate of drug-likeness (QED) is 0.402. The lowest BCUT2D eigenvalue weighted by atomic mass is 9.85. The number of rotatable bonds is 2. The summed E-state index contributed by atoms with van der Waals surface area (Å²) in [5, 5.41) is 0. The van der Waals surface area contributed by atoms with Crippen LogP contribution < -0.4 is 0 Å². The van der Waals surface area contributed by atoms with Gasteiger partial charge in [-0.2, -0.15) is 0 Å². The first-order chi connectivity index (χ1) is 5.22. The van der Waals surface area contributed by atoms with E-state index in [2.05, 4.69) is 36.1 Å². The lowest BCUT2D eigenvalue weighted by Crippen LogP contribution is -2.17. The van der Waals surface area contributed by atoms with Crippen LogP contribution in [-0.2, 0) is 0 Å². The predicted molar refractivity (Wildman–Crippen MR) is 59.2 cm³/mol. The molecule has 1 fully saturated rings. The molecule has 0 bridgehead atoms. The fraction of sp³-hybridized carbons (Fsp3) is 0.800. The van der Waals surface area contributed by atoms with Crippen molar-refractivity contribution in [3.63, 3.8) is 0 Å². The van der Waals surface area contributed by atoms with Gasteiger partial charge in [-0.05, 0) is 25.7 Å². The molecule has 1 heteroatoms. The van der Waals surface area contributed by atoms with Crippen molar-refractivity contribution < 1.29 is 0 Å². The molecule has 0 amide bonds. The molecule has 0 aromatic heterocycles. The van der Waals surface area contributed by atoms with Crippen LogP contribution in [0.25, 0.3) is 0 Å². The topological polar surface area (TPSA) is 0 Å². The van der Waals surface area contributed by atoms with E-state index in [0.717, 1.165) is 9.84 Å². The van der Waals surface area contributed by atoms with Gasteiger partial charge in [-0.25, -0.2) is 0 Å². The Labute approximate surface area is 83.6 Å². The van der Waals surface area contributed by atoms with Crippen molar-refractivity contribution in [3.05, 3.63) is 12.2 Å². The molecule has 0 radical (unpaired) electrons. The van der Waals surface area contributed by atoms with Crippen LogP contribution in [0.5, 0.6) is 0 Å². The SMILES string of the molecule is C=C(C)C(I)C1CCCCC1. The Morgan fingerprint density at radius 1 is 1.36 bits per heavy atom. The van der Waals surface area contributed by atoms with Gasteiger partial charge in [0.1, 0.15) is 0 Å². The third-order valence-electron chi connectivity index (χ3n) is 2.53. The first-order valence-electron chi connectivity index (χ1n) is 4.51. The largest absolute Gasteiger partial charge is 0.0991 e. The van der Waals surface area contributed by atoms with Crippen molar-refractivity contribution in [3.8, 4) is 0 Å². The maximum atomic E-state index is 4.02. The van der Waals surface area contributed by atoms with Gasteiger partial charge in [-0.3, -0.25) is 0 Å². The van der Waals surface area contributed by atoms with Crippen LogP contribution >= 0.6 is 22.6 Å². The normalized spacial score (nSPS) is 23.1. The van der Waals surface area contributed by atoms with E-state index >= 15 is 0 Å². The van der Waals surface area contributed by atoms with E-state index in [1.54, 1.807) is 0 Å². The second kappa shape index (κ2) is 4.48. The van der Waals surface area contributed by atoms with Gasteiger partial charge in [0, 0.05) is 3.92 Å². The Balaban J connectivity index is 2.38. The van der Waals surface area contributed by atoms with E-state index in [4.69, 9.17) is 0 Å². The Morgan fingerprint density at radius 2 is 1.91 bits per heavy atom. The third-order valence-corrected chi connectivity index (χ3v) is 4.61. The highest BCUT2D eigenvalue weighted by Gasteiger charge is 2.21. The number of alkyl halides is 1. The molecule has 0 saturated heterocycles. The van der Waals surface area contributed by atoms with E-state index in [0.29, 0.717) is 0 Å². The summed E-state index contributed by atoms with van der Waals surface area (Å²) in [6.45, 7) is 6.18. The van der Waals surface area contributed by atoms with Crippen molar-refractivity contribution in [2.45, 2.75) is 43.0 Å². The van der Waals surface area contributed by atoms with Gasteiger partial charge in [-0.1, -0.05) is 54.0 Å². The average Bonchev–Trinajstić information content (AvgIpc) is 2.05. The third kappa shape index (κ3) is 2.77. The summed E-state index contributed by atoms with van der Waals surface area (Å²) in [6.07, 6.45) is 7.20. The van der Waals surface area contributed by atoms with Gasteiger partial charge < -0.3 is 0 Å². The van der Waals surface area contributed by atoms with E-state index in [-0.39, 0.29) is 0 Å². The monoisotopic (exact) mass is 264 g/mol. The van der Waals surface area contributed by atoms with Crippen LogP contribution in [-0.4, -0.2) is 3.92 Å². The Morgan fingerprint density at radius 3 is 2.36 bits per heavy atom. The molecule has 1 aliphatic rings. The van der Waals surface area contributed by atoms with E-state index in [1.165, 1.54) is 37.7 Å². The molecule has 0 spiro atoms. The lowest BCUT2D eigenvalue weighted by molar-refractivity contribution is 0.369. The second-order valence-corrected chi connectivity index (χ2v) is 4.99. The highest BCUT2D eigenvalue weighted by atomic mass is 127. The van der Waals surface area contributed by atoms with Gasteiger partial charge in [0.05, 0.1) is 0 Å². The first kappa shape index (κ1) is 9.56. The zero-order valence-electron chi connectivity index (χ0n) is 7.28. The molecule has 0 heterocycles. The molecule has 64 valence electrons. The van der Waals surface area contributed by atoms with Crippen LogP contribution in [0.4, 0.5) is 0 Å². The van der Waals surface area contributed by atoms with Crippen molar-refractivity contribution in [1.29, 1.82) is 0 Å². The molecule has 11 heavy (non-hydrogen) atoms. The highest BCUT2D eigenvalue weighted by molar-refractivity contribution is 14.1. The van der Waals surface area contributed by atoms with Crippen LogP contribution in [0, 0.1) is 5.92 Å². The first-order valence-corrected chi connectivity index (χ1v) is 5.76. The van der Waals surface area contributed by atoms with Gasteiger partial charge in [0.15, 0.2) is 0 Å². The second-order valence-electron chi connectivity index (χ2n) is 3.65. The van der Waals surface area contributed by atoms with Crippen LogP contribution in [0.1, 0.15) is 39.0 Å². The Kier molecular flexibility index (Phi) is 3.90. The summed E-state index contributed by atoms with van der Waals surface area (Å²) in [6, 6.07) is 0. The molecule has 1 unspecified atom stereocenters. The molecule has 0 aromatic rings. The minimum Gasteiger partial charge on any atom is -0.0991 e. The minimum absolute atomic E-state index is 0.730. The molecule has 1 rings (SSSR count). The van der Waals surface area contributed by atoms with Crippen molar-refractivity contribution in [2.75, 3.05) is 0 Å². The smallest absolute Gasteiger partial charge is 0.0341 e. The molecule has 1 atom stereocenters. The number of hydrogen-bond donors (Lipinski definition) is 0. The van der Waals surface area contributed by atoms with Crippen LogP contribution in [0.15, 0.2) is 12.2 Å². The molecule has 0 aliphatic heterocycles. The molecule has 0 aromatic carbocycles. The number of allylic oxidation sites excluding steroid dienone is 1. The maximum absolute atomic E-state index is 4.02. The van der Waals surface area contributed by atoms with E-state index in [1.807, 2.05) is 0 Å². The van der Waals surface area contributed by atoms with Gasteiger partial charge >= 0.3 is 0 Å². The molecule has 1 saturated carbocycles. The summed E-state index contributed by atoms with van der Waals surface area (Å²) < 4.78 is 0.730. The molecular formula is C10H17I. The van der Waals surface area contributed by atoms with E-state index < -0.39 is 0 Å². The fourth-order valence-corrected chi connectivity index (χ4v) is 2.55. The Bertz CT molecular complexity index is 134. The summed E-state index contributed by atoms with van der Waals surface area (Å²) in [4.78, 5) is 0.